The molecule has 5 nitrogen and oxygen atoms in total. The molecule has 0 radical (unpaired) electrons. The third-order valence-corrected chi connectivity index (χ3v) is 3.47. The van der Waals surface area contributed by atoms with E-state index in [0.29, 0.717) is 11.2 Å². The van der Waals surface area contributed by atoms with Crippen molar-refractivity contribution in [1.29, 1.82) is 0 Å². The van der Waals surface area contributed by atoms with Crippen LogP contribution in [-0.4, -0.2) is 22.0 Å². The molecule has 0 spiro atoms. The second kappa shape index (κ2) is 4.52. The summed E-state index contributed by atoms with van der Waals surface area (Å²) in [5.74, 6) is -0.435. The summed E-state index contributed by atoms with van der Waals surface area (Å²) in [6.07, 6.45) is 1.86. The van der Waals surface area contributed by atoms with Crippen LogP contribution in [0.4, 0.5) is 0 Å². The minimum Gasteiger partial charge on any atom is -0.468 e. The molecule has 0 atom stereocenters. The Morgan fingerprint density at radius 2 is 2.00 bits per heavy atom. The number of ether oxygens (including phenoxy) is 1. The molecule has 2 heterocycles. The zero-order chi connectivity index (χ0) is 14.3. The number of hydrogen-bond donors (Lipinski definition) is 0. The molecule has 3 aromatic rings. The van der Waals surface area contributed by atoms with Gasteiger partial charge in [0.05, 0.1) is 12.6 Å². The van der Waals surface area contributed by atoms with Crippen LogP contribution in [0.5, 0.6) is 0 Å². The van der Waals surface area contributed by atoms with E-state index in [0.717, 1.165) is 10.9 Å². The number of carbonyl (C=O) groups is 1. The maximum atomic E-state index is 12.5. The Bertz CT molecular complexity index is 874. The van der Waals surface area contributed by atoms with E-state index < -0.39 is 5.97 Å². The van der Waals surface area contributed by atoms with E-state index in [2.05, 4.69) is 4.74 Å². The lowest BCUT2D eigenvalue weighted by molar-refractivity contribution is -0.141. The van der Waals surface area contributed by atoms with Gasteiger partial charge >= 0.3 is 5.97 Å². The van der Waals surface area contributed by atoms with Gasteiger partial charge < -0.3 is 9.14 Å². The number of aromatic nitrogens is 2. The second-order valence-electron chi connectivity index (χ2n) is 4.70. The number of nitrogens with zero attached hydrogens (tertiary/aromatic N) is 2. The first kappa shape index (κ1) is 12.5. The predicted molar refractivity (Wildman–Crippen MR) is 75.9 cm³/mol. The van der Waals surface area contributed by atoms with Crippen molar-refractivity contribution in [2.45, 2.75) is 13.5 Å². The van der Waals surface area contributed by atoms with Gasteiger partial charge in [-0.15, -0.1) is 0 Å². The van der Waals surface area contributed by atoms with Crippen molar-refractivity contribution < 1.29 is 9.53 Å². The van der Waals surface area contributed by atoms with Crippen molar-refractivity contribution in [1.82, 2.24) is 8.97 Å². The zero-order valence-corrected chi connectivity index (χ0v) is 11.3. The monoisotopic (exact) mass is 270 g/mol. The van der Waals surface area contributed by atoms with Gasteiger partial charge in [-0.3, -0.25) is 14.2 Å². The maximum Gasteiger partial charge on any atom is 0.325 e. The first-order valence-corrected chi connectivity index (χ1v) is 6.29. The molecule has 0 aliphatic heterocycles. The molecule has 3 rings (SSSR count). The highest BCUT2D eigenvalue weighted by Crippen LogP contribution is 2.18. The molecule has 0 saturated heterocycles. The molecular formula is C15H14N2O3. The molecule has 20 heavy (non-hydrogen) atoms. The number of fused-ring (bicyclic) bond motifs is 3. The van der Waals surface area contributed by atoms with Crippen molar-refractivity contribution in [3.8, 4) is 0 Å². The van der Waals surface area contributed by atoms with Crippen molar-refractivity contribution in [3.63, 3.8) is 0 Å². The van der Waals surface area contributed by atoms with Crippen LogP contribution in [0.15, 0.2) is 41.3 Å². The van der Waals surface area contributed by atoms with Crippen LogP contribution in [-0.2, 0) is 16.1 Å². The van der Waals surface area contributed by atoms with Gasteiger partial charge in [0.2, 0.25) is 0 Å². The van der Waals surface area contributed by atoms with Crippen LogP contribution < -0.4 is 5.56 Å². The van der Waals surface area contributed by atoms with E-state index in [4.69, 9.17) is 0 Å². The quantitative estimate of drug-likeness (QED) is 0.666. The van der Waals surface area contributed by atoms with Crippen LogP contribution in [0.2, 0.25) is 0 Å². The molecule has 0 aliphatic rings. The van der Waals surface area contributed by atoms with Crippen molar-refractivity contribution in [2.24, 2.45) is 0 Å². The molecule has 5 heteroatoms. The lowest BCUT2D eigenvalue weighted by atomic mass is 10.2. The van der Waals surface area contributed by atoms with Gasteiger partial charge in [0.25, 0.3) is 5.56 Å². The Kier molecular flexibility index (Phi) is 2.82. The van der Waals surface area contributed by atoms with Gasteiger partial charge in [0.1, 0.15) is 12.1 Å². The third-order valence-electron chi connectivity index (χ3n) is 3.47. The number of hydrogen-bond acceptors (Lipinski definition) is 3. The highest BCUT2D eigenvalue weighted by molar-refractivity contribution is 5.86. The highest BCUT2D eigenvalue weighted by atomic mass is 16.5. The van der Waals surface area contributed by atoms with E-state index in [1.807, 2.05) is 40.9 Å². The van der Waals surface area contributed by atoms with Crippen molar-refractivity contribution in [2.75, 3.05) is 7.11 Å². The van der Waals surface area contributed by atoms with Crippen LogP contribution >= 0.6 is 0 Å². The Hall–Kier alpha value is -2.56. The van der Waals surface area contributed by atoms with Gasteiger partial charge in [0.15, 0.2) is 0 Å². The predicted octanol–water partition coefficient (Wildman–Crippen LogP) is 1.74. The van der Waals surface area contributed by atoms with Gasteiger partial charge in [0, 0.05) is 17.3 Å². The lowest BCUT2D eigenvalue weighted by Crippen LogP contribution is -2.28. The summed E-state index contributed by atoms with van der Waals surface area (Å²) in [6, 6.07) is 9.63. The average molecular weight is 270 g/mol. The number of rotatable bonds is 2. The fourth-order valence-corrected chi connectivity index (χ4v) is 2.42. The number of methoxy groups -OCH3 is 1. The molecule has 0 aliphatic carbocycles. The third kappa shape index (κ3) is 1.79. The molecule has 0 unspecified atom stereocenters. The summed E-state index contributed by atoms with van der Waals surface area (Å²) in [5, 5.41) is 1.000. The summed E-state index contributed by atoms with van der Waals surface area (Å²) < 4.78 is 7.92. The van der Waals surface area contributed by atoms with Gasteiger partial charge in [-0.25, -0.2) is 0 Å². The van der Waals surface area contributed by atoms with Gasteiger partial charge in [-0.1, -0.05) is 18.2 Å². The number of benzene rings is 1. The first-order valence-electron chi connectivity index (χ1n) is 6.29. The molecule has 1 aromatic carbocycles. The smallest absolute Gasteiger partial charge is 0.325 e. The SMILES string of the molecule is COC(=O)Cn1c(C)cn2c(cc3ccccc32)c1=O. The first-order chi connectivity index (χ1) is 9.61. The molecule has 0 fully saturated rings. The molecule has 0 amide bonds. The van der Waals surface area contributed by atoms with Gasteiger partial charge in [-0.05, 0) is 19.1 Å². The molecule has 0 saturated carbocycles. The second-order valence-corrected chi connectivity index (χ2v) is 4.70. The zero-order valence-electron chi connectivity index (χ0n) is 11.3. The summed E-state index contributed by atoms with van der Waals surface area (Å²) in [4.78, 5) is 23.9. The Balaban J connectivity index is 2.32. The fraction of sp³-hybridized carbons (Fsp3) is 0.200. The Labute approximate surface area is 115 Å². The molecule has 102 valence electrons. The number of carbonyl (C=O) groups excluding carboxylic acids is 1. The van der Waals surface area contributed by atoms with Crippen LogP contribution in [0, 0.1) is 6.92 Å². The van der Waals surface area contributed by atoms with E-state index in [1.165, 1.54) is 11.7 Å². The summed E-state index contributed by atoms with van der Waals surface area (Å²) in [5.41, 5.74) is 2.06. The minimum absolute atomic E-state index is 0.0702. The largest absolute Gasteiger partial charge is 0.468 e. The van der Waals surface area contributed by atoms with E-state index in [-0.39, 0.29) is 12.1 Å². The van der Waals surface area contributed by atoms with E-state index >= 15 is 0 Å². The van der Waals surface area contributed by atoms with E-state index in [1.54, 1.807) is 6.92 Å². The van der Waals surface area contributed by atoms with Crippen LogP contribution in [0.1, 0.15) is 5.69 Å². The average Bonchev–Trinajstić information content (AvgIpc) is 2.82. The molecule has 0 bridgehead atoms. The van der Waals surface area contributed by atoms with Crippen LogP contribution in [0.25, 0.3) is 16.4 Å². The minimum atomic E-state index is -0.435. The lowest BCUT2D eigenvalue weighted by Gasteiger charge is -2.09. The maximum absolute atomic E-state index is 12.5. The van der Waals surface area contributed by atoms with E-state index in [9.17, 15) is 9.59 Å². The summed E-state index contributed by atoms with van der Waals surface area (Å²) in [7, 11) is 1.31. The highest BCUT2D eigenvalue weighted by Gasteiger charge is 2.12. The number of aryl methyl sites for hydroxylation is 1. The topological polar surface area (TPSA) is 52.7 Å². The molecule has 0 N–H and O–H groups in total. The standard InChI is InChI=1S/C15H14N2O3/c1-10-8-17-12-6-4-3-5-11(12)7-13(17)15(19)16(10)9-14(18)20-2/h3-8H,9H2,1-2H3. The number of esters is 1. The molecule has 2 aromatic heterocycles. The summed E-state index contributed by atoms with van der Waals surface area (Å²) >= 11 is 0. The van der Waals surface area contributed by atoms with Crippen LogP contribution in [0.3, 0.4) is 0 Å². The Morgan fingerprint density at radius 1 is 1.25 bits per heavy atom. The van der Waals surface area contributed by atoms with Gasteiger partial charge in [-0.2, -0.15) is 0 Å². The summed E-state index contributed by atoms with van der Waals surface area (Å²) in [6.45, 7) is 1.73. The number of para-hydroxylation sites is 1. The Morgan fingerprint density at radius 3 is 2.75 bits per heavy atom. The molecular weight excluding hydrogens is 256 g/mol. The normalized spacial score (nSPS) is 11.1. The van der Waals surface area contributed by atoms with Crippen molar-refractivity contribution in [3.05, 3.63) is 52.6 Å². The van der Waals surface area contributed by atoms with Crippen molar-refractivity contribution >= 4 is 22.4 Å². The fourth-order valence-electron chi connectivity index (χ4n) is 2.42.